The van der Waals surface area contributed by atoms with Crippen molar-refractivity contribution in [3.8, 4) is 0 Å². The zero-order valence-corrected chi connectivity index (χ0v) is 11.2. The van der Waals surface area contributed by atoms with Crippen molar-refractivity contribution in [2.24, 2.45) is 5.73 Å². The summed E-state index contributed by atoms with van der Waals surface area (Å²) in [5.74, 6) is 0. The monoisotopic (exact) mass is 260 g/mol. The molecule has 5 nitrogen and oxygen atoms in total. The van der Waals surface area contributed by atoms with Gasteiger partial charge in [0.2, 0.25) is 0 Å². The van der Waals surface area contributed by atoms with Gasteiger partial charge in [0.15, 0.2) is 0 Å². The molecule has 0 amide bonds. The van der Waals surface area contributed by atoms with E-state index in [1.165, 1.54) is 6.20 Å². The van der Waals surface area contributed by atoms with Gasteiger partial charge in [-0.25, -0.2) is 4.98 Å². The van der Waals surface area contributed by atoms with Crippen molar-refractivity contribution in [1.29, 1.82) is 0 Å². The summed E-state index contributed by atoms with van der Waals surface area (Å²) in [7, 11) is 0. The van der Waals surface area contributed by atoms with Gasteiger partial charge in [-0.15, -0.1) is 0 Å². The van der Waals surface area contributed by atoms with Gasteiger partial charge in [0.25, 0.3) is 5.56 Å². The van der Waals surface area contributed by atoms with Gasteiger partial charge in [-0.05, 0) is 44.1 Å². The van der Waals surface area contributed by atoms with E-state index in [4.69, 9.17) is 5.73 Å². The van der Waals surface area contributed by atoms with Gasteiger partial charge < -0.3 is 15.6 Å². The normalized spacial score (nSPS) is 11.1. The van der Waals surface area contributed by atoms with Crippen molar-refractivity contribution in [2.75, 3.05) is 19.6 Å². The summed E-state index contributed by atoms with van der Waals surface area (Å²) in [6, 6.07) is 5.95. The van der Waals surface area contributed by atoms with Crippen LogP contribution in [0.3, 0.4) is 0 Å². The van der Waals surface area contributed by atoms with Crippen molar-refractivity contribution in [3.63, 3.8) is 0 Å². The first-order valence-corrected chi connectivity index (χ1v) is 6.59. The molecule has 0 aliphatic heterocycles. The highest BCUT2D eigenvalue weighted by molar-refractivity contribution is 5.75. The van der Waals surface area contributed by atoms with Crippen molar-refractivity contribution in [2.45, 2.75) is 19.9 Å². The summed E-state index contributed by atoms with van der Waals surface area (Å²) in [6.07, 6.45) is 2.34. The molecular formula is C14H20N4O. The van der Waals surface area contributed by atoms with Crippen molar-refractivity contribution in [1.82, 2.24) is 14.9 Å². The van der Waals surface area contributed by atoms with Gasteiger partial charge in [-0.1, -0.05) is 6.07 Å². The zero-order valence-electron chi connectivity index (χ0n) is 11.2. The maximum Gasteiger partial charge on any atom is 0.269 e. The van der Waals surface area contributed by atoms with Crippen molar-refractivity contribution in [3.05, 3.63) is 40.3 Å². The SMILES string of the molecule is Cc1ccc2ncc(=O)n(CCNCCCN)c2c1. The first-order valence-electron chi connectivity index (χ1n) is 6.59. The Labute approximate surface area is 112 Å². The predicted molar refractivity (Wildman–Crippen MR) is 77.3 cm³/mol. The number of benzene rings is 1. The van der Waals surface area contributed by atoms with Gasteiger partial charge in [-0.2, -0.15) is 0 Å². The fourth-order valence-corrected chi connectivity index (χ4v) is 2.05. The second-order valence-electron chi connectivity index (χ2n) is 4.63. The molecule has 0 saturated heterocycles. The van der Waals surface area contributed by atoms with E-state index in [0.717, 1.165) is 36.1 Å². The molecule has 0 fully saturated rings. The van der Waals surface area contributed by atoms with Crippen LogP contribution in [0.25, 0.3) is 11.0 Å². The van der Waals surface area contributed by atoms with Crippen LogP contribution in [-0.2, 0) is 6.54 Å². The van der Waals surface area contributed by atoms with Gasteiger partial charge in [0, 0.05) is 13.1 Å². The van der Waals surface area contributed by atoms with E-state index >= 15 is 0 Å². The highest BCUT2D eigenvalue weighted by atomic mass is 16.1. The molecular weight excluding hydrogens is 240 g/mol. The smallest absolute Gasteiger partial charge is 0.269 e. The topological polar surface area (TPSA) is 72.9 Å². The van der Waals surface area contributed by atoms with Crippen molar-refractivity contribution >= 4 is 11.0 Å². The number of rotatable bonds is 6. The predicted octanol–water partition coefficient (Wildman–Crippen LogP) is 0.643. The standard InChI is InChI=1S/C14H20N4O/c1-11-3-4-12-13(9-11)18(14(19)10-17-12)8-7-16-6-2-5-15/h3-4,9-10,16H,2,5-8,15H2,1H3. The highest BCUT2D eigenvalue weighted by Crippen LogP contribution is 2.11. The summed E-state index contributed by atoms with van der Waals surface area (Å²) in [5, 5.41) is 3.28. The Hall–Kier alpha value is -1.72. The number of nitrogens with two attached hydrogens (primary N) is 1. The van der Waals surface area contributed by atoms with Crippen LogP contribution in [0.4, 0.5) is 0 Å². The average molecular weight is 260 g/mol. The van der Waals surface area contributed by atoms with Crippen LogP contribution in [0.2, 0.25) is 0 Å². The molecule has 1 heterocycles. The lowest BCUT2D eigenvalue weighted by Gasteiger charge is -2.10. The quantitative estimate of drug-likeness (QED) is 0.748. The molecule has 1 aromatic heterocycles. The maximum atomic E-state index is 11.9. The Morgan fingerprint density at radius 3 is 3.00 bits per heavy atom. The minimum Gasteiger partial charge on any atom is -0.330 e. The molecule has 0 unspecified atom stereocenters. The summed E-state index contributed by atoms with van der Waals surface area (Å²) in [6.45, 7) is 4.98. The minimum atomic E-state index is -0.0567. The van der Waals surface area contributed by atoms with E-state index < -0.39 is 0 Å². The molecule has 0 aliphatic carbocycles. The molecule has 3 N–H and O–H groups in total. The second-order valence-corrected chi connectivity index (χ2v) is 4.63. The van der Waals surface area contributed by atoms with E-state index in [0.29, 0.717) is 13.1 Å². The van der Waals surface area contributed by atoms with Gasteiger partial charge in [0.05, 0.1) is 17.2 Å². The van der Waals surface area contributed by atoms with Crippen LogP contribution in [0.15, 0.2) is 29.2 Å². The lowest BCUT2D eigenvalue weighted by atomic mass is 10.2. The van der Waals surface area contributed by atoms with Crippen LogP contribution < -0.4 is 16.6 Å². The summed E-state index contributed by atoms with van der Waals surface area (Å²) in [5.41, 5.74) is 8.26. The second kappa shape index (κ2) is 6.45. The number of aryl methyl sites for hydroxylation is 1. The Kier molecular flexibility index (Phi) is 4.65. The number of hydrogen-bond acceptors (Lipinski definition) is 4. The lowest BCUT2D eigenvalue weighted by Crippen LogP contribution is -2.28. The number of nitrogens with zero attached hydrogens (tertiary/aromatic N) is 2. The number of aromatic nitrogens is 2. The summed E-state index contributed by atoms with van der Waals surface area (Å²) >= 11 is 0. The number of fused-ring (bicyclic) bond motifs is 1. The molecule has 5 heteroatoms. The fraction of sp³-hybridized carbons (Fsp3) is 0.429. The molecule has 0 radical (unpaired) electrons. The van der Waals surface area contributed by atoms with Crippen LogP contribution in [0.5, 0.6) is 0 Å². The van der Waals surface area contributed by atoms with E-state index in [1.54, 1.807) is 4.57 Å². The van der Waals surface area contributed by atoms with Gasteiger partial charge in [-0.3, -0.25) is 4.79 Å². The molecule has 0 atom stereocenters. The van der Waals surface area contributed by atoms with E-state index in [2.05, 4.69) is 10.3 Å². The molecule has 0 saturated carbocycles. The van der Waals surface area contributed by atoms with Gasteiger partial charge in [0.1, 0.15) is 0 Å². The van der Waals surface area contributed by atoms with Crippen LogP contribution in [-0.4, -0.2) is 29.2 Å². The molecule has 1 aromatic carbocycles. The van der Waals surface area contributed by atoms with Crippen molar-refractivity contribution < 1.29 is 0 Å². The molecule has 102 valence electrons. The zero-order chi connectivity index (χ0) is 13.7. The number of nitrogens with one attached hydrogen (secondary N) is 1. The molecule has 0 bridgehead atoms. The molecule has 0 aliphatic rings. The van der Waals surface area contributed by atoms with E-state index in [1.807, 2.05) is 25.1 Å². The Morgan fingerprint density at radius 2 is 2.21 bits per heavy atom. The highest BCUT2D eigenvalue weighted by Gasteiger charge is 2.04. The third kappa shape index (κ3) is 3.39. The third-order valence-corrected chi connectivity index (χ3v) is 3.07. The van der Waals surface area contributed by atoms with Crippen LogP contribution in [0, 0.1) is 6.92 Å². The van der Waals surface area contributed by atoms with Crippen LogP contribution >= 0.6 is 0 Å². The lowest BCUT2D eigenvalue weighted by molar-refractivity contribution is 0.585. The first-order chi connectivity index (χ1) is 9.22. The maximum absolute atomic E-state index is 11.9. The van der Waals surface area contributed by atoms with E-state index in [-0.39, 0.29) is 5.56 Å². The average Bonchev–Trinajstić information content (AvgIpc) is 2.40. The molecule has 2 aromatic rings. The Bertz CT molecular complexity index is 606. The first kappa shape index (κ1) is 13.7. The summed E-state index contributed by atoms with van der Waals surface area (Å²) in [4.78, 5) is 16.1. The molecule has 0 spiro atoms. The summed E-state index contributed by atoms with van der Waals surface area (Å²) < 4.78 is 1.77. The largest absolute Gasteiger partial charge is 0.330 e. The molecule has 2 rings (SSSR count). The number of hydrogen-bond donors (Lipinski definition) is 2. The van der Waals surface area contributed by atoms with Crippen LogP contribution in [0.1, 0.15) is 12.0 Å². The Balaban J connectivity index is 2.18. The van der Waals surface area contributed by atoms with E-state index in [9.17, 15) is 4.79 Å². The Morgan fingerprint density at radius 1 is 1.37 bits per heavy atom. The third-order valence-electron chi connectivity index (χ3n) is 3.07. The minimum absolute atomic E-state index is 0.0567. The van der Waals surface area contributed by atoms with Gasteiger partial charge >= 0.3 is 0 Å². The molecule has 19 heavy (non-hydrogen) atoms. The fourth-order valence-electron chi connectivity index (χ4n) is 2.05.